The van der Waals surface area contributed by atoms with Crippen molar-refractivity contribution in [1.82, 2.24) is 5.32 Å². The Hall–Kier alpha value is -3.06. The van der Waals surface area contributed by atoms with Crippen LogP contribution in [0.5, 0.6) is 5.75 Å². The van der Waals surface area contributed by atoms with Crippen molar-refractivity contribution < 1.29 is 19.1 Å². The van der Waals surface area contributed by atoms with E-state index in [4.69, 9.17) is 9.47 Å². The molecule has 0 aliphatic carbocycles. The number of fused-ring (bicyclic) bond motifs is 1. The van der Waals surface area contributed by atoms with Crippen LogP contribution in [-0.2, 0) is 22.7 Å². The standard InChI is InChI=1S/C20H21N3O4/c1-26-18-6-4-17(5-7-18)23-10-16(9-19(23)24)22-20(25)21-15-3-2-13-11-27-12-14(13)8-15/h2-8,16H,9-12H2,1H3,(H2,21,22,25). The number of nitrogens with one attached hydrogen (secondary N) is 2. The third-order valence-corrected chi connectivity index (χ3v) is 4.82. The molecule has 0 saturated carbocycles. The number of urea groups is 1. The normalized spacial score (nSPS) is 18.3. The summed E-state index contributed by atoms with van der Waals surface area (Å²) in [5.41, 5.74) is 3.75. The molecule has 2 aromatic carbocycles. The summed E-state index contributed by atoms with van der Waals surface area (Å²) in [6, 6.07) is 12.5. The average Bonchev–Trinajstić information content (AvgIpc) is 3.27. The number of carbonyl (C=O) groups is 2. The van der Waals surface area contributed by atoms with Gasteiger partial charge in [0.15, 0.2) is 0 Å². The van der Waals surface area contributed by atoms with Crippen molar-refractivity contribution in [3.05, 3.63) is 53.6 Å². The van der Waals surface area contributed by atoms with Gasteiger partial charge in [-0.3, -0.25) is 4.79 Å². The van der Waals surface area contributed by atoms with Gasteiger partial charge in [0.05, 0.1) is 26.4 Å². The van der Waals surface area contributed by atoms with Crippen LogP contribution in [0.25, 0.3) is 0 Å². The van der Waals surface area contributed by atoms with Crippen molar-refractivity contribution in [2.24, 2.45) is 0 Å². The number of methoxy groups -OCH3 is 1. The van der Waals surface area contributed by atoms with Crippen molar-refractivity contribution in [3.63, 3.8) is 0 Å². The lowest BCUT2D eigenvalue weighted by atomic mass is 10.1. The number of rotatable bonds is 4. The van der Waals surface area contributed by atoms with Crippen LogP contribution in [0.15, 0.2) is 42.5 Å². The zero-order valence-electron chi connectivity index (χ0n) is 15.0. The van der Waals surface area contributed by atoms with E-state index in [1.165, 1.54) is 0 Å². The largest absolute Gasteiger partial charge is 0.497 e. The Morgan fingerprint density at radius 1 is 1.15 bits per heavy atom. The molecule has 2 aliphatic rings. The molecular weight excluding hydrogens is 346 g/mol. The molecular formula is C20H21N3O4. The van der Waals surface area contributed by atoms with E-state index in [9.17, 15) is 9.59 Å². The number of ether oxygens (including phenoxy) is 2. The number of amides is 3. The molecule has 4 rings (SSSR count). The topological polar surface area (TPSA) is 79.9 Å². The summed E-state index contributed by atoms with van der Waals surface area (Å²) >= 11 is 0. The Kier molecular flexibility index (Phi) is 4.68. The van der Waals surface area contributed by atoms with Crippen LogP contribution in [0.4, 0.5) is 16.2 Å². The van der Waals surface area contributed by atoms with Crippen LogP contribution in [0.1, 0.15) is 17.5 Å². The highest BCUT2D eigenvalue weighted by Crippen LogP contribution is 2.25. The van der Waals surface area contributed by atoms with Gasteiger partial charge < -0.3 is 25.0 Å². The smallest absolute Gasteiger partial charge is 0.319 e. The summed E-state index contributed by atoms with van der Waals surface area (Å²) in [6.07, 6.45) is 0.275. The van der Waals surface area contributed by atoms with Crippen molar-refractivity contribution >= 4 is 23.3 Å². The molecule has 2 aromatic rings. The van der Waals surface area contributed by atoms with Gasteiger partial charge >= 0.3 is 6.03 Å². The van der Waals surface area contributed by atoms with Crippen LogP contribution in [0, 0.1) is 0 Å². The number of carbonyl (C=O) groups excluding carboxylic acids is 2. The van der Waals surface area contributed by atoms with E-state index in [2.05, 4.69) is 10.6 Å². The summed E-state index contributed by atoms with van der Waals surface area (Å²) in [5.74, 6) is 0.722. The fraction of sp³-hybridized carbons (Fsp3) is 0.300. The van der Waals surface area contributed by atoms with Gasteiger partial charge in [-0.05, 0) is 47.5 Å². The third-order valence-electron chi connectivity index (χ3n) is 4.82. The molecule has 3 amide bonds. The number of hydrogen-bond acceptors (Lipinski definition) is 4. The summed E-state index contributed by atoms with van der Waals surface area (Å²) in [7, 11) is 1.60. The van der Waals surface area contributed by atoms with E-state index in [0.717, 1.165) is 22.6 Å². The van der Waals surface area contributed by atoms with E-state index in [0.29, 0.717) is 25.4 Å². The zero-order chi connectivity index (χ0) is 18.8. The Morgan fingerprint density at radius 2 is 1.93 bits per heavy atom. The highest BCUT2D eigenvalue weighted by molar-refractivity contribution is 5.97. The minimum Gasteiger partial charge on any atom is -0.497 e. The Labute approximate surface area is 157 Å². The monoisotopic (exact) mass is 367 g/mol. The molecule has 1 unspecified atom stereocenters. The number of anilines is 2. The van der Waals surface area contributed by atoms with E-state index in [-0.39, 0.29) is 24.4 Å². The van der Waals surface area contributed by atoms with Gasteiger partial charge in [-0.25, -0.2) is 4.79 Å². The maximum Gasteiger partial charge on any atom is 0.319 e. The van der Waals surface area contributed by atoms with Crippen LogP contribution in [-0.4, -0.2) is 31.6 Å². The van der Waals surface area contributed by atoms with Crippen molar-refractivity contribution in [2.75, 3.05) is 23.9 Å². The molecule has 2 aliphatic heterocycles. The minimum absolute atomic E-state index is 0.0138. The molecule has 0 bridgehead atoms. The molecule has 7 nitrogen and oxygen atoms in total. The molecule has 0 aromatic heterocycles. The quantitative estimate of drug-likeness (QED) is 0.871. The summed E-state index contributed by atoms with van der Waals surface area (Å²) in [6.45, 7) is 1.63. The van der Waals surface area contributed by atoms with E-state index in [1.807, 2.05) is 42.5 Å². The van der Waals surface area contributed by atoms with Gasteiger partial charge in [0, 0.05) is 24.3 Å². The highest BCUT2D eigenvalue weighted by atomic mass is 16.5. The molecule has 0 spiro atoms. The predicted molar refractivity (Wildman–Crippen MR) is 101 cm³/mol. The summed E-state index contributed by atoms with van der Waals surface area (Å²) in [5, 5.41) is 5.71. The third kappa shape index (κ3) is 3.73. The molecule has 7 heteroatoms. The zero-order valence-corrected chi connectivity index (χ0v) is 15.0. The van der Waals surface area contributed by atoms with Crippen LogP contribution >= 0.6 is 0 Å². The second-order valence-electron chi connectivity index (χ2n) is 6.68. The highest BCUT2D eigenvalue weighted by Gasteiger charge is 2.31. The SMILES string of the molecule is COc1ccc(N2CC(NC(=O)Nc3ccc4c(c3)COC4)CC2=O)cc1. The Balaban J connectivity index is 1.35. The molecule has 1 atom stereocenters. The van der Waals surface area contributed by atoms with Crippen molar-refractivity contribution in [3.8, 4) is 5.75 Å². The lowest BCUT2D eigenvalue weighted by Crippen LogP contribution is -2.39. The fourth-order valence-corrected chi connectivity index (χ4v) is 3.42. The molecule has 1 saturated heterocycles. The predicted octanol–water partition coefficient (Wildman–Crippen LogP) is 2.65. The number of hydrogen-bond donors (Lipinski definition) is 2. The molecule has 0 radical (unpaired) electrons. The first-order valence-electron chi connectivity index (χ1n) is 8.84. The van der Waals surface area contributed by atoms with Crippen molar-refractivity contribution in [1.29, 1.82) is 0 Å². The lowest BCUT2D eigenvalue weighted by Gasteiger charge is -2.18. The summed E-state index contributed by atoms with van der Waals surface area (Å²) in [4.78, 5) is 26.3. The minimum atomic E-state index is -0.316. The van der Waals surface area contributed by atoms with Gasteiger partial charge in [-0.2, -0.15) is 0 Å². The van der Waals surface area contributed by atoms with Gasteiger partial charge in [0.25, 0.3) is 0 Å². The maximum absolute atomic E-state index is 12.3. The first-order valence-corrected chi connectivity index (χ1v) is 8.84. The van der Waals surface area contributed by atoms with E-state index < -0.39 is 0 Å². The maximum atomic E-state index is 12.3. The van der Waals surface area contributed by atoms with Gasteiger partial charge in [-0.1, -0.05) is 6.07 Å². The fourth-order valence-electron chi connectivity index (χ4n) is 3.42. The summed E-state index contributed by atoms with van der Waals surface area (Å²) < 4.78 is 10.5. The second kappa shape index (κ2) is 7.28. The second-order valence-corrected chi connectivity index (χ2v) is 6.68. The first-order chi connectivity index (χ1) is 13.1. The average molecular weight is 367 g/mol. The number of nitrogens with zero attached hydrogens (tertiary/aromatic N) is 1. The number of benzene rings is 2. The Bertz CT molecular complexity index is 866. The molecule has 1 fully saturated rings. The van der Waals surface area contributed by atoms with E-state index in [1.54, 1.807) is 12.0 Å². The molecule has 27 heavy (non-hydrogen) atoms. The first kappa shape index (κ1) is 17.4. The lowest BCUT2D eigenvalue weighted by molar-refractivity contribution is -0.117. The van der Waals surface area contributed by atoms with Crippen LogP contribution in [0.2, 0.25) is 0 Å². The molecule has 140 valence electrons. The van der Waals surface area contributed by atoms with E-state index >= 15 is 0 Å². The molecule has 2 heterocycles. The van der Waals surface area contributed by atoms with Gasteiger partial charge in [-0.15, -0.1) is 0 Å². The Morgan fingerprint density at radius 3 is 2.70 bits per heavy atom. The van der Waals surface area contributed by atoms with Gasteiger partial charge in [0.1, 0.15) is 5.75 Å². The van der Waals surface area contributed by atoms with Crippen molar-refractivity contribution in [2.45, 2.75) is 25.7 Å². The van der Waals surface area contributed by atoms with Crippen LogP contribution in [0.3, 0.4) is 0 Å². The van der Waals surface area contributed by atoms with Gasteiger partial charge in [0.2, 0.25) is 5.91 Å². The van der Waals surface area contributed by atoms with Crippen LogP contribution < -0.4 is 20.3 Å². The molecule has 2 N–H and O–H groups in total.